The average molecular weight is 912 g/mol. The minimum Gasteiger partial charge on any atom is -0.311 e. The van der Waals surface area contributed by atoms with E-state index < -0.39 is 0 Å². The monoisotopic (exact) mass is 912 g/mol. The maximum absolute atomic E-state index is 2.58. The summed E-state index contributed by atoms with van der Waals surface area (Å²) in [5, 5.41) is 4.84. The molecule has 9 aromatic carbocycles. The summed E-state index contributed by atoms with van der Waals surface area (Å²) in [6.45, 7) is 27.8. The molecular weight excluding hydrogens is 846 g/mol. The summed E-state index contributed by atoms with van der Waals surface area (Å²) in [4.78, 5) is 7.67. The second-order valence-electron chi connectivity index (χ2n) is 24.0. The molecule has 0 amide bonds. The minimum absolute atomic E-state index is 0.0143. The van der Waals surface area contributed by atoms with Gasteiger partial charge in [-0.05, 0) is 143 Å². The first-order valence-electron chi connectivity index (χ1n) is 25.3. The van der Waals surface area contributed by atoms with E-state index >= 15 is 0 Å². The van der Waals surface area contributed by atoms with E-state index in [4.69, 9.17) is 0 Å². The van der Waals surface area contributed by atoms with Gasteiger partial charge in [0.2, 0.25) is 0 Å². The summed E-state index contributed by atoms with van der Waals surface area (Å²) in [6.07, 6.45) is 0. The fraction of sp³-hybridized carbons (Fsp3) is 0.242. The van der Waals surface area contributed by atoms with E-state index in [1.165, 1.54) is 82.9 Å². The highest BCUT2D eigenvalue weighted by Gasteiger charge is 2.45. The molecule has 4 heteroatoms. The van der Waals surface area contributed by atoms with E-state index in [0.717, 1.165) is 28.4 Å². The highest BCUT2D eigenvalue weighted by atomic mass is 15.2. The average Bonchev–Trinajstić information content (AvgIpc) is 3.32. The molecule has 0 aliphatic carbocycles. The molecule has 0 atom stereocenters. The van der Waals surface area contributed by atoms with Gasteiger partial charge in [0.1, 0.15) is 0 Å². The van der Waals surface area contributed by atoms with Crippen LogP contribution in [0, 0.1) is 0 Å². The van der Waals surface area contributed by atoms with Gasteiger partial charge in [-0.3, -0.25) is 0 Å². The molecule has 0 spiro atoms. The predicted molar refractivity (Wildman–Crippen MR) is 305 cm³/mol. The molecule has 70 heavy (non-hydrogen) atoms. The lowest BCUT2D eigenvalue weighted by atomic mass is 9.33. The summed E-state index contributed by atoms with van der Waals surface area (Å²) in [5.74, 6) is 0. The number of hydrogen-bond donors (Lipinski definition) is 0. The van der Waals surface area contributed by atoms with Crippen LogP contribution in [0.25, 0.3) is 21.5 Å². The summed E-state index contributed by atoms with van der Waals surface area (Å²) in [5.41, 5.74) is 19.7. The number of hydrogen-bond acceptors (Lipinski definition) is 3. The van der Waals surface area contributed by atoms with Crippen LogP contribution in [-0.2, 0) is 21.7 Å². The van der Waals surface area contributed by atoms with Crippen LogP contribution in [0.1, 0.15) is 105 Å². The van der Waals surface area contributed by atoms with E-state index in [9.17, 15) is 0 Å². The van der Waals surface area contributed by atoms with Gasteiger partial charge in [0, 0.05) is 45.2 Å². The van der Waals surface area contributed by atoms with Crippen LogP contribution >= 0.6 is 0 Å². The van der Waals surface area contributed by atoms with Crippen LogP contribution in [0.15, 0.2) is 182 Å². The Balaban J connectivity index is 1.29. The molecule has 0 saturated carbocycles. The first kappa shape index (κ1) is 45.4. The van der Waals surface area contributed by atoms with Crippen LogP contribution in [0.2, 0.25) is 0 Å². The molecule has 0 saturated heterocycles. The standard InChI is InChI=1S/C66H66BN3/c1-63(2,3)46-25-32-50(33-26-46)69-58-36-29-48(65(7,8)9)39-55(58)67-56-40-49(66(10,11)12)30-37-59(56)70(51-34-27-47(28-35-51)64(4,5)6)61-42-53(41-60(69)62(61)67)68(52-31-24-43-18-13-14-20-45(43)38-52)57-23-17-21-44-19-15-16-22-54(44)57/h13-42H,1-12H3. The zero-order chi connectivity index (χ0) is 49.1. The zero-order valence-electron chi connectivity index (χ0n) is 43.2. The van der Waals surface area contributed by atoms with Crippen LogP contribution < -0.4 is 31.1 Å². The van der Waals surface area contributed by atoms with Crippen molar-refractivity contribution in [2.24, 2.45) is 0 Å². The van der Waals surface area contributed by atoms with E-state index in [1.807, 2.05) is 0 Å². The molecule has 3 nitrogen and oxygen atoms in total. The summed E-state index contributed by atoms with van der Waals surface area (Å²) in [6, 6.07) is 69.7. The number of nitrogens with zero attached hydrogens (tertiary/aromatic N) is 3. The second kappa shape index (κ2) is 16.3. The smallest absolute Gasteiger partial charge is 0.252 e. The van der Waals surface area contributed by atoms with Gasteiger partial charge in [0.05, 0.1) is 11.4 Å². The summed E-state index contributed by atoms with van der Waals surface area (Å²) in [7, 11) is 0. The van der Waals surface area contributed by atoms with Gasteiger partial charge in [-0.15, -0.1) is 0 Å². The molecular formula is C66H66BN3. The maximum Gasteiger partial charge on any atom is 0.252 e. The summed E-state index contributed by atoms with van der Waals surface area (Å²) >= 11 is 0. The van der Waals surface area contributed by atoms with E-state index in [1.54, 1.807) is 0 Å². The van der Waals surface area contributed by atoms with E-state index in [2.05, 4.69) is 280 Å². The summed E-state index contributed by atoms with van der Waals surface area (Å²) < 4.78 is 0. The van der Waals surface area contributed by atoms with Crippen molar-refractivity contribution < 1.29 is 0 Å². The molecule has 2 heterocycles. The lowest BCUT2D eigenvalue weighted by Gasteiger charge is -2.45. The van der Waals surface area contributed by atoms with Gasteiger partial charge < -0.3 is 14.7 Å². The minimum atomic E-state index is -0.0500. The molecule has 0 aromatic heterocycles. The van der Waals surface area contributed by atoms with E-state index in [0.29, 0.717) is 0 Å². The predicted octanol–water partition coefficient (Wildman–Crippen LogP) is 16.7. The van der Waals surface area contributed by atoms with E-state index in [-0.39, 0.29) is 28.4 Å². The molecule has 2 aliphatic rings. The Morgan fingerprint density at radius 1 is 0.343 bits per heavy atom. The Hall–Kier alpha value is -7.04. The van der Waals surface area contributed by atoms with Gasteiger partial charge in [-0.25, -0.2) is 0 Å². The van der Waals surface area contributed by atoms with Gasteiger partial charge >= 0.3 is 0 Å². The van der Waals surface area contributed by atoms with Crippen molar-refractivity contribution >= 4 is 95.8 Å². The highest BCUT2D eigenvalue weighted by molar-refractivity contribution is 7.00. The van der Waals surface area contributed by atoms with Crippen molar-refractivity contribution in [2.75, 3.05) is 14.7 Å². The van der Waals surface area contributed by atoms with Gasteiger partial charge in [-0.1, -0.05) is 198 Å². The Labute approximate surface area is 417 Å². The number of anilines is 9. The normalized spacial score (nSPS) is 13.6. The fourth-order valence-electron chi connectivity index (χ4n) is 11.0. The van der Waals surface area contributed by atoms with Gasteiger partial charge in [-0.2, -0.15) is 0 Å². The third-order valence-electron chi connectivity index (χ3n) is 15.0. The third-order valence-corrected chi connectivity index (χ3v) is 15.0. The molecule has 0 bridgehead atoms. The zero-order valence-corrected chi connectivity index (χ0v) is 43.2. The Morgan fingerprint density at radius 2 is 0.786 bits per heavy atom. The lowest BCUT2D eigenvalue weighted by Crippen LogP contribution is -2.61. The lowest BCUT2D eigenvalue weighted by molar-refractivity contribution is 0.590. The molecule has 9 aromatic rings. The third kappa shape index (κ3) is 7.77. The van der Waals surface area contributed by atoms with Crippen molar-refractivity contribution in [2.45, 2.75) is 105 Å². The van der Waals surface area contributed by atoms with Crippen molar-refractivity contribution in [1.82, 2.24) is 0 Å². The second-order valence-corrected chi connectivity index (χ2v) is 24.0. The number of rotatable bonds is 5. The van der Waals surface area contributed by atoms with Crippen molar-refractivity contribution in [3.05, 3.63) is 204 Å². The first-order chi connectivity index (χ1) is 33.2. The van der Waals surface area contributed by atoms with Crippen molar-refractivity contribution in [3.8, 4) is 0 Å². The Bertz CT molecular complexity index is 3330. The molecule has 0 radical (unpaired) electrons. The maximum atomic E-state index is 2.58. The van der Waals surface area contributed by atoms with Crippen LogP contribution in [0.5, 0.6) is 0 Å². The fourth-order valence-corrected chi connectivity index (χ4v) is 11.0. The topological polar surface area (TPSA) is 9.72 Å². The number of benzene rings is 9. The molecule has 0 N–H and O–H groups in total. The largest absolute Gasteiger partial charge is 0.311 e. The van der Waals surface area contributed by atoms with Crippen molar-refractivity contribution in [3.63, 3.8) is 0 Å². The van der Waals surface area contributed by atoms with Gasteiger partial charge in [0.25, 0.3) is 6.71 Å². The Morgan fingerprint density at radius 3 is 1.29 bits per heavy atom. The number of fused-ring (bicyclic) bond motifs is 6. The van der Waals surface area contributed by atoms with Crippen LogP contribution in [0.3, 0.4) is 0 Å². The van der Waals surface area contributed by atoms with Crippen LogP contribution in [0.4, 0.5) is 51.2 Å². The van der Waals surface area contributed by atoms with Gasteiger partial charge in [0.15, 0.2) is 0 Å². The van der Waals surface area contributed by atoms with Crippen molar-refractivity contribution in [1.29, 1.82) is 0 Å². The molecule has 0 unspecified atom stereocenters. The molecule has 2 aliphatic heterocycles. The first-order valence-corrected chi connectivity index (χ1v) is 25.3. The Kier molecular flexibility index (Phi) is 10.6. The quantitative estimate of drug-likeness (QED) is 0.159. The molecule has 348 valence electrons. The molecule has 0 fully saturated rings. The SMILES string of the molecule is CC(C)(C)c1ccc(N2c3ccc(C(C)(C)C)cc3B3c4cc(C(C)(C)C)ccc4N(c4ccc(C(C)(C)C)cc4)c4cc(N(c5ccc6ccccc6c5)c5cccc6ccccc56)cc2c43)cc1. The van der Waals surface area contributed by atoms with Crippen LogP contribution in [-0.4, -0.2) is 6.71 Å². The highest BCUT2D eigenvalue weighted by Crippen LogP contribution is 2.50. The molecule has 11 rings (SSSR count).